The second-order valence-corrected chi connectivity index (χ2v) is 6.15. The van der Waals surface area contributed by atoms with Crippen molar-refractivity contribution in [1.82, 2.24) is 34.5 Å². The van der Waals surface area contributed by atoms with Gasteiger partial charge in [0.05, 0.1) is 0 Å². The Bertz CT molecular complexity index is 839. The van der Waals surface area contributed by atoms with Crippen LogP contribution in [-0.4, -0.2) is 47.6 Å². The summed E-state index contributed by atoms with van der Waals surface area (Å²) in [6, 6.07) is 1.84. The van der Waals surface area contributed by atoms with Crippen molar-refractivity contribution >= 4 is 11.5 Å². The molecular formula is C16H21N9. The number of hydrogen-bond acceptors (Lipinski definition) is 7. The van der Waals surface area contributed by atoms with Crippen LogP contribution in [0.15, 0.2) is 31.1 Å². The number of nitrogen functional groups attached to an aromatic ring is 1. The van der Waals surface area contributed by atoms with E-state index in [1.54, 1.807) is 23.5 Å². The number of aryl methyl sites for hydroxylation is 1. The summed E-state index contributed by atoms with van der Waals surface area (Å²) in [5.74, 6) is 2.72. The van der Waals surface area contributed by atoms with Gasteiger partial charge in [0.25, 0.3) is 0 Å². The molecule has 1 atom stereocenters. The zero-order valence-corrected chi connectivity index (χ0v) is 14.2. The fourth-order valence-electron chi connectivity index (χ4n) is 3.41. The highest BCUT2D eigenvalue weighted by Gasteiger charge is 2.27. The van der Waals surface area contributed by atoms with E-state index in [1.807, 2.05) is 12.3 Å². The van der Waals surface area contributed by atoms with E-state index in [0.29, 0.717) is 17.4 Å². The Labute approximate surface area is 145 Å². The Balaban J connectivity index is 1.63. The van der Waals surface area contributed by atoms with E-state index in [4.69, 9.17) is 5.73 Å². The van der Waals surface area contributed by atoms with Gasteiger partial charge in [0.15, 0.2) is 11.6 Å². The van der Waals surface area contributed by atoms with Gasteiger partial charge in [-0.1, -0.05) is 0 Å². The van der Waals surface area contributed by atoms with E-state index < -0.39 is 0 Å². The zero-order chi connectivity index (χ0) is 17.2. The summed E-state index contributed by atoms with van der Waals surface area (Å²) < 4.78 is 3.77. The minimum atomic E-state index is 0.318. The van der Waals surface area contributed by atoms with E-state index in [2.05, 4.69) is 41.7 Å². The van der Waals surface area contributed by atoms with Gasteiger partial charge in [-0.2, -0.15) is 5.10 Å². The molecule has 0 amide bonds. The average molecular weight is 339 g/mol. The highest BCUT2D eigenvalue weighted by Crippen LogP contribution is 2.32. The molecule has 25 heavy (non-hydrogen) atoms. The molecule has 3 aromatic heterocycles. The number of piperidine rings is 1. The molecule has 0 saturated carbocycles. The monoisotopic (exact) mass is 339 g/mol. The Hall–Kier alpha value is -2.97. The minimum Gasteiger partial charge on any atom is -0.393 e. The molecule has 9 heteroatoms. The van der Waals surface area contributed by atoms with Crippen molar-refractivity contribution < 1.29 is 0 Å². The first-order chi connectivity index (χ1) is 12.3. The Morgan fingerprint density at radius 2 is 2.16 bits per heavy atom. The molecule has 0 aliphatic carbocycles. The molecule has 9 nitrogen and oxygen atoms in total. The molecule has 1 fully saturated rings. The maximum Gasteiger partial charge on any atom is 0.181 e. The molecule has 0 unspecified atom stereocenters. The Morgan fingerprint density at radius 1 is 1.28 bits per heavy atom. The number of hydrogen-bond donors (Lipinski definition) is 1. The number of rotatable bonds is 4. The lowest BCUT2D eigenvalue weighted by molar-refractivity contribution is 0.471. The predicted octanol–water partition coefficient (Wildman–Crippen LogP) is 1.24. The largest absolute Gasteiger partial charge is 0.393 e. The van der Waals surface area contributed by atoms with Crippen LogP contribution in [0.25, 0.3) is 5.82 Å². The molecule has 3 aromatic rings. The van der Waals surface area contributed by atoms with Crippen molar-refractivity contribution in [3.05, 3.63) is 36.9 Å². The van der Waals surface area contributed by atoms with Crippen LogP contribution in [-0.2, 0) is 6.54 Å². The summed E-state index contributed by atoms with van der Waals surface area (Å²) in [5.41, 5.74) is 6.91. The van der Waals surface area contributed by atoms with Crippen LogP contribution in [0.3, 0.4) is 0 Å². The molecular weight excluding hydrogens is 318 g/mol. The minimum absolute atomic E-state index is 0.318. The average Bonchev–Trinajstić information content (AvgIpc) is 3.33. The van der Waals surface area contributed by atoms with Gasteiger partial charge < -0.3 is 15.2 Å². The molecule has 4 heterocycles. The first-order valence-corrected chi connectivity index (χ1v) is 8.51. The first kappa shape index (κ1) is 15.6. The molecule has 130 valence electrons. The number of anilines is 2. The quantitative estimate of drug-likeness (QED) is 0.762. The summed E-state index contributed by atoms with van der Waals surface area (Å²) in [6.45, 7) is 4.71. The van der Waals surface area contributed by atoms with Gasteiger partial charge in [-0.25, -0.2) is 14.6 Å². The normalized spacial score (nSPS) is 17.8. The molecule has 0 bridgehead atoms. The number of nitrogens with zero attached hydrogens (tertiary/aromatic N) is 8. The maximum absolute atomic E-state index is 6.36. The van der Waals surface area contributed by atoms with Crippen LogP contribution in [0.5, 0.6) is 0 Å². The fraction of sp³-hybridized carbons (Fsp3) is 0.438. The van der Waals surface area contributed by atoms with E-state index in [0.717, 1.165) is 44.1 Å². The highest BCUT2D eigenvalue weighted by atomic mass is 15.3. The van der Waals surface area contributed by atoms with Crippen molar-refractivity contribution in [1.29, 1.82) is 0 Å². The van der Waals surface area contributed by atoms with E-state index in [9.17, 15) is 0 Å². The second-order valence-electron chi connectivity index (χ2n) is 6.15. The Kier molecular flexibility index (Phi) is 4.04. The van der Waals surface area contributed by atoms with Crippen LogP contribution in [0.1, 0.15) is 31.5 Å². The van der Waals surface area contributed by atoms with Crippen LogP contribution in [0.2, 0.25) is 0 Å². The molecule has 1 aliphatic rings. The lowest BCUT2D eigenvalue weighted by atomic mass is 9.97. The van der Waals surface area contributed by atoms with Crippen molar-refractivity contribution in [2.75, 3.05) is 23.7 Å². The predicted molar refractivity (Wildman–Crippen MR) is 93.5 cm³/mol. The fourth-order valence-corrected chi connectivity index (χ4v) is 3.41. The van der Waals surface area contributed by atoms with Gasteiger partial charge in [-0.3, -0.25) is 0 Å². The lowest BCUT2D eigenvalue weighted by Crippen LogP contribution is -2.36. The lowest BCUT2D eigenvalue weighted by Gasteiger charge is -2.33. The van der Waals surface area contributed by atoms with Crippen LogP contribution in [0, 0.1) is 0 Å². The van der Waals surface area contributed by atoms with Gasteiger partial charge in [-0.15, -0.1) is 10.2 Å². The highest BCUT2D eigenvalue weighted by molar-refractivity contribution is 5.70. The Morgan fingerprint density at radius 3 is 2.96 bits per heavy atom. The molecule has 1 aliphatic heterocycles. The van der Waals surface area contributed by atoms with E-state index in [1.165, 1.54) is 0 Å². The van der Waals surface area contributed by atoms with E-state index >= 15 is 0 Å². The SMILES string of the molecule is CCn1cnnc1[C@H]1CCCN(c2ncnc(-n3cccn3)c2N)C1. The van der Waals surface area contributed by atoms with Gasteiger partial charge >= 0.3 is 0 Å². The third-order valence-corrected chi connectivity index (χ3v) is 4.64. The van der Waals surface area contributed by atoms with Crippen molar-refractivity contribution in [2.45, 2.75) is 32.2 Å². The third kappa shape index (κ3) is 2.81. The van der Waals surface area contributed by atoms with Crippen LogP contribution in [0.4, 0.5) is 11.5 Å². The molecule has 2 N–H and O–H groups in total. The summed E-state index contributed by atoms with van der Waals surface area (Å²) >= 11 is 0. The van der Waals surface area contributed by atoms with Gasteiger partial charge in [-0.05, 0) is 25.8 Å². The van der Waals surface area contributed by atoms with Gasteiger partial charge in [0, 0.05) is 37.9 Å². The van der Waals surface area contributed by atoms with Gasteiger partial charge in [0.2, 0.25) is 0 Å². The van der Waals surface area contributed by atoms with E-state index in [-0.39, 0.29) is 0 Å². The smallest absolute Gasteiger partial charge is 0.181 e. The summed E-state index contributed by atoms with van der Waals surface area (Å²) in [6.07, 6.45) is 9.01. The van der Waals surface area contributed by atoms with Crippen LogP contribution < -0.4 is 10.6 Å². The third-order valence-electron chi connectivity index (χ3n) is 4.64. The van der Waals surface area contributed by atoms with Crippen molar-refractivity contribution in [3.8, 4) is 5.82 Å². The molecule has 1 saturated heterocycles. The standard InChI is InChI=1S/C16H21N9/c1-2-23-11-20-22-14(23)12-5-3-7-24(9-12)15-13(17)16(19-10-18-15)25-8-4-6-21-25/h4,6,8,10-12H,2-3,5,7,9,17H2,1H3/t12-/m0/s1. The molecule has 0 spiro atoms. The second kappa shape index (κ2) is 6.50. The van der Waals surface area contributed by atoms with Crippen molar-refractivity contribution in [3.63, 3.8) is 0 Å². The molecule has 0 radical (unpaired) electrons. The summed E-state index contributed by atoms with van der Waals surface area (Å²) in [5, 5.41) is 12.6. The maximum atomic E-state index is 6.36. The van der Waals surface area contributed by atoms with Crippen molar-refractivity contribution in [2.24, 2.45) is 0 Å². The number of nitrogens with two attached hydrogens (primary N) is 1. The van der Waals surface area contributed by atoms with Gasteiger partial charge in [0.1, 0.15) is 24.2 Å². The topological polar surface area (TPSA) is 104 Å². The summed E-state index contributed by atoms with van der Waals surface area (Å²) in [4.78, 5) is 10.9. The summed E-state index contributed by atoms with van der Waals surface area (Å²) in [7, 11) is 0. The van der Waals surface area contributed by atoms with Crippen LogP contribution >= 0.6 is 0 Å². The number of aromatic nitrogens is 7. The molecule has 0 aromatic carbocycles. The molecule has 4 rings (SSSR count). The first-order valence-electron chi connectivity index (χ1n) is 8.51. The zero-order valence-electron chi connectivity index (χ0n) is 14.2.